The van der Waals surface area contributed by atoms with Crippen molar-refractivity contribution in [2.24, 2.45) is 5.16 Å². The summed E-state index contributed by atoms with van der Waals surface area (Å²) in [6, 6.07) is 20.2. The SMILES string of the molecule is CCCCC(CCO/N=C(C)/C=C1/C(=O)N(c2ccccc2)C1c1ccccc1)NCC. The van der Waals surface area contributed by atoms with Crippen molar-refractivity contribution in [1.82, 2.24) is 5.32 Å². The summed E-state index contributed by atoms with van der Waals surface area (Å²) >= 11 is 0. The van der Waals surface area contributed by atoms with Crippen molar-refractivity contribution in [2.45, 2.75) is 58.5 Å². The Balaban J connectivity index is 1.68. The average molecular weight is 434 g/mol. The molecule has 0 spiro atoms. The molecule has 1 amide bonds. The minimum Gasteiger partial charge on any atom is -0.396 e. The molecule has 1 saturated heterocycles. The first kappa shape index (κ1) is 23.7. The second kappa shape index (κ2) is 12.2. The highest BCUT2D eigenvalue weighted by molar-refractivity contribution is 6.18. The number of carbonyl (C=O) groups is 1. The van der Waals surface area contributed by atoms with E-state index in [2.05, 4.69) is 36.5 Å². The zero-order valence-electron chi connectivity index (χ0n) is 19.5. The summed E-state index contributed by atoms with van der Waals surface area (Å²) in [5.74, 6) is 0.00591. The van der Waals surface area contributed by atoms with Crippen molar-refractivity contribution in [3.8, 4) is 0 Å². The van der Waals surface area contributed by atoms with Gasteiger partial charge in [0.2, 0.25) is 0 Å². The lowest BCUT2D eigenvalue weighted by Crippen LogP contribution is -2.49. The zero-order valence-corrected chi connectivity index (χ0v) is 19.5. The van der Waals surface area contributed by atoms with Gasteiger partial charge in [-0.2, -0.15) is 0 Å². The van der Waals surface area contributed by atoms with E-state index < -0.39 is 0 Å². The molecule has 2 atom stereocenters. The largest absolute Gasteiger partial charge is 0.396 e. The van der Waals surface area contributed by atoms with Gasteiger partial charge in [0, 0.05) is 17.3 Å². The van der Waals surface area contributed by atoms with Crippen LogP contribution in [0.3, 0.4) is 0 Å². The summed E-state index contributed by atoms with van der Waals surface area (Å²) in [5.41, 5.74) is 3.42. The molecule has 2 aromatic carbocycles. The van der Waals surface area contributed by atoms with Crippen molar-refractivity contribution >= 4 is 17.3 Å². The Kier molecular flexibility index (Phi) is 9.05. The minimum atomic E-state index is -0.122. The maximum absolute atomic E-state index is 13.0. The zero-order chi connectivity index (χ0) is 22.8. The smallest absolute Gasteiger partial charge is 0.257 e. The van der Waals surface area contributed by atoms with Crippen molar-refractivity contribution in [1.29, 1.82) is 0 Å². The van der Waals surface area contributed by atoms with Crippen LogP contribution in [-0.4, -0.2) is 30.8 Å². The lowest BCUT2D eigenvalue weighted by Gasteiger charge is -2.43. The molecule has 170 valence electrons. The number of benzene rings is 2. The van der Waals surface area contributed by atoms with Gasteiger partial charge >= 0.3 is 0 Å². The van der Waals surface area contributed by atoms with Crippen LogP contribution in [0, 0.1) is 0 Å². The van der Waals surface area contributed by atoms with Crippen LogP contribution in [0.15, 0.2) is 77.5 Å². The lowest BCUT2D eigenvalue weighted by molar-refractivity contribution is -0.119. The second-order valence-corrected chi connectivity index (χ2v) is 8.18. The monoisotopic (exact) mass is 433 g/mol. The van der Waals surface area contributed by atoms with Gasteiger partial charge in [0.05, 0.1) is 11.8 Å². The predicted molar refractivity (Wildman–Crippen MR) is 132 cm³/mol. The third-order valence-corrected chi connectivity index (χ3v) is 5.70. The standard InChI is InChI=1S/C27H35N3O2/c1-4-6-15-23(28-5-2)18-19-32-29-21(3)20-25-26(22-13-9-7-10-14-22)30(27(25)31)24-16-11-8-12-17-24/h7-14,16-17,20,23,26,28H,4-6,15,18-19H2,1-3H3/b25-20+,29-21+. The highest BCUT2D eigenvalue weighted by Gasteiger charge is 2.43. The number of nitrogens with one attached hydrogen (secondary N) is 1. The molecule has 0 radical (unpaired) electrons. The molecule has 32 heavy (non-hydrogen) atoms. The van der Waals surface area contributed by atoms with Crippen LogP contribution >= 0.6 is 0 Å². The molecule has 5 nitrogen and oxygen atoms in total. The highest BCUT2D eigenvalue weighted by Crippen LogP contribution is 2.42. The number of amides is 1. The third-order valence-electron chi connectivity index (χ3n) is 5.70. The van der Waals surface area contributed by atoms with Gasteiger partial charge in [-0.05, 0) is 50.1 Å². The highest BCUT2D eigenvalue weighted by atomic mass is 16.6. The van der Waals surface area contributed by atoms with E-state index in [4.69, 9.17) is 4.84 Å². The fourth-order valence-electron chi connectivity index (χ4n) is 4.09. The van der Waals surface area contributed by atoms with E-state index in [1.165, 1.54) is 12.8 Å². The van der Waals surface area contributed by atoms with Gasteiger partial charge in [0.25, 0.3) is 5.91 Å². The topological polar surface area (TPSA) is 53.9 Å². The molecular formula is C27H35N3O2. The van der Waals surface area contributed by atoms with Crippen LogP contribution < -0.4 is 10.2 Å². The molecule has 1 heterocycles. The molecule has 1 aliphatic rings. The van der Waals surface area contributed by atoms with Crippen LogP contribution in [0.5, 0.6) is 0 Å². The fourth-order valence-corrected chi connectivity index (χ4v) is 4.09. The number of hydrogen-bond donors (Lipinski definition) is 1. The Labute approximate surface area is 192 Å². The summed E-state index contributed by atoms with van der Waals surface area (Å²) in [5, 5.41) is 7.78. The third kappa shape index (κ3) is 6.07. The number of allylic oxidation sites excluding steroid dienone is 1. The molecule has 5 heteroatoms. The molecular weight excluding hydrogens is 398 g/mol. The number of oxime groups is 1. The second-order valence-electron chi connectivity index (χ2n) is 8.18. The van der Waals surface area contributed by atoms with E-state index in [1.807, 2.05) is 66.4 Å². The average Bonchev–Trinajstić information content (AvgIpc) is 2.82. The van der Waals surface area contributed by atoms with Crippen molar-refractivity contribution < 1.29 is 9.63 Å². The number of carbonyl (C=O) groups excluding carboxylic acids is 1. The van der Waals surface area contributed by atoms with Crippen LogP contribution in [0.2, 0.25) is 0 Å². The minimum absolute atomic E-state index is 0.00591. The van der Waals surface area contributed by atoms with E-state index in [-0.39, 0.29) is 11.9 Å². The number of para-hydroxylation sites is 1. The predicted octanol–water partition coefficient (Wildman–Crippen LogP) is 5.65. The van der Waals surface area contributed by atoms with Crippen LogP contribution in [0.1, 0.15) is 58.1 Å². The van der Waals surface area contributed by atoms with E-state index in [1.54, 1.807) is 0 Å². The van der Waals surface area contributed by atoms with Crippen molar-refractivity contribution in [3.63, 3.8) is 0 Å². The van der Waals surface area contributed by atoms with E-state index in [9.17, 15) is 4.79 Å². The number of unbranched alkanes of at least 4 members (excludes halogenated alkanes) is 1. The van der Waals surface area contributed by atoms with Gasteiger partial charge in [-0.3, -0.25) is 9.69 Å². The van der Waals surface area contributed by atoms with Gasteiger partial charge in [0.1, 0.15) is 6.61 Å². The molecule has 1 fully saturated rings. The van der Waals surface area contributed by atoms with Crippen LogP contribution in [0.25, 0.3) is 0 Å². The Morgan fingerprint density at radius 1 is 1.09 bits per heavy atom. The van der Waals surface area contributed by atoms with Crippen LogP contribution in [0.4, 0.5) is 5.69 Å². The molecule has 0 bridgehead atoms. The molecule has 0 aliphatic carbocycles. The summed E-state index contributed by atoms with van der Waals surface area (Å²) in [6.45, 7) is 7.75. The molecule has 2 unspecified atom stereocenters. The quantitative estimate of drug-likeness (QED) is 0.155. The molecule has 0 aromatic heterocycles. The number of hydrogen-bond acceptors (Lipinski definition) is 4. The number of rotatable bonds is 12. The molecule has 1 N–H and O–H groups in total. The van der Waals surface area contributed by atoms with Crippen molar-refractivity contribution in [3.05, 3.63) is 77.9 Å². The van der Waals surface area contributed by atoms with Gasteiger partial charge < -0.3 is 10.2 Å². The van der Waals surface area contributed by atoms with E-state index >= 15 is 0 Å². The fraction of sp³-hybridized carbons (Fsp3) is 0.407. The van der Waals surface area contributed by atoms with Crippen LogP contribution in [-0.2, 0) is 9.63 Å². The van der Waals surface area contributed by atoms with Gasteiger partial charge in [0.15, 0.2) is 0 Å². The Morgan fingerprint density at radius 2 is 1.78 bits per heavy atom. The number of anilines is 1. The summed E-state index contributed by atoms with van der Waals surface area (Å²) in [7, 11) is 0. The Bertz CT molecular complexity index is 909. The Morgan fingerprint density at radius 3 is 2.44 bits per heavy atom. The van der Waals surface area contributed by atoms with Gasteiger partial charge in [-0.25, -0.2) is 0 Å². The first-order valence-corrected chi connectivity index (χ1v) is 11.7. The maximum Gasteiger partial charge on any atom is 0.257 e. The molecule has 3 rings (SSSR count). The normalized spacial score (nSPS) is 18.5. The Hall–Kier alpha value is -2.92. The molecule has 1 aliphatic heterocycles. The lowest BCUT2D eigenvalue weighted by atomic mass is 9.86. The first-order chi connectivity index (χ1) is 15.7. The number of β-lactam (4-membered cyclic amide) rings is 1. The van der Waals surface area contributed by atoms with Gasteiger partial charge in [-0.15, -0.1) is 0 Å². The van der Waals surface area contributed by atoms with Crippen molar-refractivity contribution in [2.75, 3.05) is 18.1 Å². The van der Waals surface area contributed by atoms with E-state index in [0.717, 1.165) is 36.2 Å². The van der Waals surface area contributed by atoms with E-state index in [0.29, 0.717) is 18.4 Å². The summed E-state index contributed by atoms with van der Waals surface area (Å²) < 4.78 is 0. The summed E-state index contributed by atoms with van der Waals surface area (Å²) in [4.78, 5) is 20.5. The number of nitrogens with zero attached hydrogens (tertiary/aromatic N) is 2. The molecule has 2 aromatic rings. The van der Waals surface area contributed by atoms with Gasteiger partial charge in [-0.1, -0.05) is 80.4 Å². The maximum atomic E-state index is 13.0. The summed E-state index contributed by atoms with van der Waals surface area (Å²) in [6.07, 6.45) is 6.35. The molecule has 0 saturated carbocycles. The first-order valence-electron chi connectivity index (χ1n) is 11.7.